The van der Waals surface area contributed by atoms with Crippen molar-refractivity contribution in [3.8, 4) is 0 Å². The lowest BCUT2D eigenvalue weighted by atomic mass is 9.70. The summed E-state index contributed by atoms with van der Waals surface area (Å²) in [5, 5.41) is 9.20. The summed E-state index contributed by atoms with van der Waals surface area (Å²) in [7, 11) is 0. The second kappa shape index (κ2) is 7.31. The van der Waals surface area contributed by atoms with Gasteiger partial charge >= 0.3 is 0 Å². The SMILES string of the molecule is CC1=CCC2(C)CC(=O)C(C(C)C)C2CC=C(C)C(OO)CC1. The number of carbonyl (C=O) groups excluding carboxylic acids is 1. The molecule has 4 atom stereocenters. The highest BCUT2D eigenvalue weighted by atomic mass is 17.1. The molecule has 1 N–H and O–H groups in total. The number of fused-ring (bicyclic) bond motifs is 1. The van der Waals surface area contributed by atoms with Crippen molar-refractivity contribution in [2.24, 2.45) is 23.2 Å². The highest BCUT2D eigenvalue weighted by Crippen LogP contribution is 2.52. The van der Waals surface area contributed by atoms with Gasteiger partial charge in [-0.25, -0.2) is 4.89 Å². The fourth-order valence-corrected chi connectivity index (χ4v) is 4.47. The summed E-state index contributed by atoms with van der Waals surface area (Å²) in [6.45, 7) is 10.8. The van der Waals surface area contributed by atoms with Crippen molar-refractivity contribution in [1.82, 2.24) is 0 Å². The van der Waals surface area contributed by atoms with Gasteiger partial charge in [-0.1, -0.05) is 38.5 Å². The zero-order chi connectivity index (χ0) is 17.2. The average molecular weight is 320 g/mol. The molecule has 2 aliphatic rings. The standard InChI is InChI=1S/C20H32O3/c1-13(2)19-16-8-7-15(4)18(23-22)9-6-14(3)10-11-20(16,5)12-17(19)21/h7,10,13,16,18-19,22H,6,8-9,11-12H2,1-5H3. The zero-order valence-electron chi connectivity index (χ0n) is 15.3. The molecule has 0 aromatic carbocycles. The lowest BCUT2D eigenvalue weighted by Crippen LogP contribution is -2.28. The van der Waals surface area contributed by atoms with Crippen LogP contribution in [-0.4, -0.2) is 17.1 Å². The van der Waals surface area contributed by atoms with Gasteiger partial charge in [0.05, 0.1) is 0 Å². The summed E-state index contributed by atoms with van der Waals surface area (Å²) in [6, 6.07) is 0. The number of ketones is 1. The third-order valence-electron chi connectivity index (χ3n) is 6.04. The first-order valence-corrected chi connectivity index (χ1v) is 8.93. The van der Waals surface area contributed by atoms with Crippen LogP contribution >= 0.6 is 0 Å². The third-order valence-corrected chi connectivity index (χ3v) is 6.04. The fraction of sp³-hybridized carbons (Fsp3) is 0.750. The first-order chi connectivity index (χ1) is 10.8. The molecule has 0 saturated heterocycles. The summed E-state index contributed by atoms with van der Waals surface area (Å²) in [5.41, 5.74) is 2.44. The Hall–Kier alpha value is -0.930. The van der Waals surface area contributed by atoms with E-state index in [1.54, 1.807) is 0 Å². The summed E-state index contributed by atoms with van der Waals surface area (Å²) in [5.74, 6) is 1.32. The Kier molecular flexibility index (Phi) is 5.85. The first-order valence-electron chi connectivity index (χ1n) is 8.93. The van der Waals surface area contributed by atoms with Gasteiger partial charge in [-0.3, -0.25) is 10.1 Å². The van der Waals surface area contributed by atoms with Crippen LogP contribution in [0.3, 0.4) is 0 Å². The predicted octanol–water partition coefficient (Wildman–Crippen LogP) is 5.18. The lowest BCUT2D eigenvalue weighted by Gasteiger charge is -2.33. The van der Waals surface area contributed by atoms with E-state index in [2.05, 4.69) is 39.8 Å². The van der Waals surface area contributed by atoms with Crippen LogP contribution < -0.4 is 0 Å². The van der Waals surface area contributed by atoms with Crippen LogP contribution in [0.15, 0.2) is 23.3 Å². The highest BCUT2D eigenvalue weighted by Gasteiger charge is 2.49. The maximum absolute atomic E-state index is 12.6. The minimum Gasteiger partial charge on any atom is -0.299 e. The van der Waals surface area contributed by atoms with Crippen molar-refractivity contribution in [2.45, 2.75) is 72.8 Å². The van der Waals surface area contributed by atoms with Crippen LogP contribution in [0.1, 0.15) is 66.7 Å². The second-order valence-corrected chi connectivity index (χ2v) is 8.24. The molecule has 4 unspecified atom stereocenters. The average Bonchev–Trinajstić information content (AvgIpc) is 2.73. The smallest absolute Gasteiger partial charge is 0.137 e. The van der Waals surface area contributed by atoms with Gasteiger partial charge in [0.2, 0.25) is 0 Å². The first kappa shape index (κ1) is 18.4. The van der Waals surface area contributed by atoms with E-state index in [4.69, 9.17) is 4.89 Å². The van der Waals surface area contributed by atoms with Crippen LogP contribution in [0, 0.1) is 23.2 Å². The molecule has 3 nitrogen and oxygen atoms in total. The summed E-state index contributed by atoms with van der Waals surface area (Å²) in [4.78, 5) is 17.3. The number of allylic oxidation sites excluding steroid dienone is 3. The Bertz CT molecular complexity index is 503. The molecule has 0 aliphatic heterocycles. The van der Waals surface area contributed by atoms with Crippen molar-refractivity contribution in [1.29, 1.82) is 0 Å². The Morgan fingerprint density at radius 1 is 1.30 bits per heavy atom. The molecule has 0 heterocycles. The van der Waals surface area contributed by atoms with Crippen LogP contribution in [0.5, 0.6) is 0 Å². The molecule has 2 rings (SSSR count). The van der Waals surface area contributed by atoms with E-state index in [1.165, 1.54) is 5.57 Å². The van der Waals surface area contributed by atoms with E-state index in [-0.39, 0.29) is 17.4 Å². The van der Waals surface area contributed by atoms with Gasteiger partial charge in [-0.2, -0.15) is 0 Å². The Morgan fingerprint density at radius 3 is 2.61 bits per heavy atom. The molecule has 0 spiro atoms. The normalized spacial score (nSPS) is 36.3. The van der Waals surface area contributed by atoms with Crippen molar-refractivity contribution < 1.29 is 14.9 Å². The van der Waals surface area contributed by atoms with Gasteiger partial charge in [0, 0.05) is 12.3 Å². The topological polar surface area (TPSA) is 46.5 Å². The highest BCUT2D eigenvalue weighted by molar-refractivity contribution is 5.85. The Labute approximate surface area is 140 Å². The molecule has 23 heavy (non-hydrogen) atoms. The molecule has 2 aliphatic carbocycles. The molecular weight excluding hydrogens is 288 g/mol. The molecule has 0 aromatic heterocycles. The number of rotatable bonds is 2. The molecule has 0 radical (unpaired) electrons. The van der Waals surface area contributed by atoms with Crippen LogP contribution in [0.4, 0.5) is 0 Å². The van der Waals surface area contributed by atoms with E-state index >= 15 is 0 Å². The number of hydrogen-bond acceptors (Lipinski definition) is 3. The molecule has 0 bridgehead atoms. The maximum atomic E-state index is 12.6. The minimum atomic E-state index is -0.239. The van der Waals surface area contributed by atoms with Crippen molar-refractivity contribution in [3.05, 3.63) is 23.3 Å². The maximum Gasteiger partial charge on any atom is 0.137 e. The summed E-state index contributed by atoms with van der Waals surface area (Å²) >= 11 is 0. The van der Waals surface area contributed by atoms with Crippen LogP contribution in [0.25, 0.3) is 0 Å². The van der Waals surface area contributed by atoms with Crippen molar-refractivity contribution in [3.63, 3.8) is 0 Å². The van der Waals surface area contributed by atoms with Gasteiger partial charge in [0.25, 0.3) is 0 Å². The molecule has 1 fully saturated rings. The molecule has 0 amide bonds. The second-order valence-electron chi connectivity index (χ2n) is 8.24. The van der Waals surface area contributed by atoms with Gasteiger partial charge in [-0.15, -0.1) is 0 Å². The van der Waals surface area contributed by atoms with E-state index < -0.39 is 0 Å². The Morgan fingerprint density at radius 2 is 2.00 bits per heavy atom. The summed E-state index contributed by atoms with van der Waals surface area (Å²) in [6.07, 6.45) is 8.53. The van der Waals surface area contributed by atoms with Crippen molar-refractivity contribution in [2.75, 3.05) is 0 Å². The monoisotopic (exact) mass is 320 g/mol. The minimum absolute atomic E-state index is 0.0456. The lowest BCUT2D eigenvalue weighted by molar-refractivity contribution is -0.269. The number of hydrogen-bond donors (Lipinski definition) is 1. The predicted molar refractivity (Wildman–Crippen MR) is 93.0 cm³/mol. The van der Waals surface area contributed by atoms with Crippen LogP contribution in [-0.2, 0) is 9.68 Å². The Balaban J connectivity index is 2.38. The quantitative estimate of drug-likeness (QED) is 0.433. The zero-order valence-corrected chi connectivity index (χ0v) is 15.3. The van der Waals surface area contributed by atoms with E-state index in [1.807, 2.05) is 6.92 Å². The van der Waals surface area contributed by atoms with Gasteiger partial charge in [-0.05, 0) is 62.4 Å². The van der Waals surface area contributed by atoms with Gasteiger partial charge < -0.3 is 0 Å². The molecule has 130 valence electrons. The molecule has 1 saturated carbocycles. The molecule has 0 aromatic rings. The fourth-order valence-electron chi connectivity index (χ4n) is 4.47. The summed E-state index contributed by atoms with van der Waals surface area (Å²) < 4.78 is 0. The number of Topliss-reactive ketones (excluding diaryl/α,β-unsaturated/α-hetero) is 1. The third kappa shape index (κ3) is 3.95. The largest absolute Gasteiger partial charge is 0.299 e. The van der Waals surface area contributed by atoms with E-state index in [0.717, 1.165) is 31.3 Å². The van der Waals surface area contributed by atoms with E-state index in [9.17, 15) is 10.1 Å². The van der Waals surface area contributed by atoms with Crippen LogP contribution in [0.2, 0.25) is 0 Å². The van der Waals surface area contributed by atoms with Crippen molar-refractivity contribution >= 4 is 5.78 Å². The molecule has 3 heteroatoms. The van der Waals surface area contributed by atoms with Gasteiger partial charge in [0.15, 0.2) is 0 Å². The number of carbonyl (C=O) groups is 1. The van der Waals surface area contributed by atoms with Gasteiger partial charge in [0.1, 0.15) is 11.9 Å². The molecular formula is C20H32O3. The van der Waals surface area contributed by atoms with E-state index in [0.29, 0.717) is 24.0 Å².